The molecule has 0 aliphatic carbocycles. The quantitative estimate of drug-likeness (QED) is 0.799. The number of rotatable bonds is 5. The number of benzene rings is 1. The van der Waals surface area contributed by atoms with Gasteiger partial charge in [0.05, 0.1) is 13.0 Å². The van der Waals surface area contributed by atoms with Gasteiger partial charge in [-0.25, -0.2) is 4.39 Å². The summed E-state index contributed by atoms with van der Waals surface area (Å²) in [5.74, 6) is -1.12. The van der Waals surface area contributed by atoms with Crippen molar-refractivity contribution in [1.29, 1.82) is 0 Å². The summed E-state index contributed by atoms with van der Waals surface area (Å²) in [6.45, 7) is 1.37. The number of hydrogen-bond donors (Lipinski definition) is 2. The van der Waals surface area contributed by atoms with E-state index in [4.69, 9.17) is 5.73 Å². The zero-order valence-electron chi connectivity index (χ0n) is 11.1. The van der Waals surface area contributed by atoms with Gasteiger partial charge in [-0.2, -0.15) is 0 Å². The summed E-state index contributed by atoms with van der Waals surface area (Å²) >= 11 is 0. The number of nitrogens with one attached hydrogen (secondary N) is 1. The summed E-state index contributed by atoms with van der Waals surface area (Å²) < 4.78 is 13.1. The molecule has 0 saturated carbocycles. The predicted octanol–water partition coefficient (Wildman–Crippen LogP) is 0.0440. The topological polar surface area (TPSA) is 75.4 Å². The Labute approximate surface area is 116 Å². The molecule has 2 amide bonds. The highest BCUT2D eigenvalue weighted by Crippen LogP contribution is 2.12. The number of halogens is 1. The zero-order chi connectivity index (χ0) is 14.5. The summed E-state index contributed by atoms with van der Waals surface area (Å²) in [5, 5.41) is 3.15. The van der Waals surface area contributed by atoms with Crippen LogP contribution in [0.25, 0.3) is 0 Å². The lowest BCUT2D eigenvalue weighted by molar-refractivity contribution is -0.136. The molecule has 1 saturated heterocycles. The van der Waals surface area contributed by atoms with E-state index >= 15 is 0 Å². The van der Waals surface area contributed by atoms with E-state index in [-0.39, 0.29) is 30.7 Å². The fourth-order valence-corrected chi connectivity index (χ4v) is 2.42. The normalized spacial score (nSPS) is 17.9. The molecule has 6 heteroatoms. The second-order valence-corrected chi connectivity index (χ2v) is 4.94. The SMILES string of the molecule is NC(=O)CN(C(=O)Cc1cccc(F)c1)C1CCNC1. The minimum Gasteiger partial charge on any atom is -0.368 e. The lowest BCUT2D eigenvalue weighted by Crippen LogP contribution is -2.46. The molecule has 1 unspecified atom stereocenters. The maximum atomic E-state index is 13.1. The third kappa shape index (κ3) is 3.77. The molecule has 1 fully saturated rings. The van der Waals surface area contributed by atoms with Crippen LogP contribution in [-0.4, -0.2) is 42.4 Å². The van der Waals surface area contributed by atoms with Gasteiger partial charge >= 0.3 is 0 Å². The van der Waals surface area contributed by atoms with Crippen LogP contribution >= 0.6 is 0 Å². The Kier molecular flexibility index (Phi) is 4.68. The molecule has 0 aromatic heterocycles. The molecule has 0 radical (unpaired) electrons. The molecule has 3 N–H and O–H groups in total. The number of hydrogen-bond acceptors (Lipinski definition) is 3. The third-order valence-electron chi connectivity index (χ3n) is 3.37. The van der Waals surface area contributed by atoms with Crippen LogP contribution in [0.2, 0.25) is 0 Å². The molecule has 1 aromatic rings. The van der Waals surface area contributed by atoms with Crippen LogP contribution < -0.4 is 11.1 Å². The molecule has 1 heterocycles. The second kappa shape index (κ2) is 6.47. The Balaban J connectivity index is 2.07. The van der Waals surface area contributed by atoms with Crippen molar-refractivity contribution in [2.45, 2.75) is 18.9 Å². The lowest BCUT2D eigenvalue weighted by atomic mass is 10.1. The van der Waals surface area contributed by atoms with Crippen LogP contribution in [-0.2, 0) is 16.0 Å². The van der Waals surface area contributed by atoms with Gasteiger partial charge < -0.3 is 16.0 Å². The van der Waals surface area contributed by atoms with Crippen LogP contribution in [0.1, 0.15) is 12.0 Å². The van der Waals surface area contributed by atoms with Crippen LogP contribution in [0.5, 0.6) is 0 Å². The fourth-order valence-electron chi connectivity index (χ4n) is 2.42. The number of nitrogens with zero attached hydrogens (tertiary/aromatic N) is 1. The summed E-state index contributed by atoms with van der Waals surface area (Å²) in [6, 6.07) is 5.89. The van der Waals surface area contributed by atoms with Crippen LogP contribution in [0.4, 0.5) is 4.39 Å². The predicted molar refractivity (Wildman–Crippen MR) is 72.3 cm³/mol. The van der Waals surface area contributed by atoms with Crippen molar-refractivity contribution in [2.75, 3.05) is 19.6 Å². The standard InChI is InChI=1S/C14H18FN3O2/c15-11-3-1-2-10(6-11)7-14(20)18(9-13(16)19)12-4-5-17-8-12/h1-3,6,12,17H,4-5,7-9H2,(H2,16,19). The van der Waals surface area contributed by atoms with Gasteiger partial charge in [-0.3, -0.25) is 9.59 Å². The van der Waals surface area contributed by atoms with E-state index < -0.39 is 5.91 Å². The number of amides is 2. The summed E-state index contributed by atoms with van der Waals surface area (Å²) in [5.41, 5.74) is 5.80. The van der Waals surface area contributed by atoms with E-state index in [2.05, 4.69) is 5.32 Å². The summed E-state index contributed by atoms with van der Waals surface area (Å²) in [7, 11) is 0. The third-order valence-corrected chi connectivity index (χ3v) is 3.37. The molecule has 5 nitrogen and oxygen atoms in total. The van der Waals surface area contributed by atoms with Crippen LogP contribution in [0.3, 0.4) is 0 Å². The molecule has 1 aromatic carbocycles. The minimum atomic E-state index is -0.538. The Hall–Kier alpha value is -1.95. The first-order valence-corrected chi connectivity index (χ1v) is 6.59. The fraction of sp³-hybridized carbons (Fsp3) is 0.429. The zero-order valence-corrected chi connectivity index (χ0v) is 11.1. The second-order valence-electron chi connectivity index (χ2n) is 4.94. The molecule has 0 spiro atoms. The molecule has 2 rings (SSSR count). The average molecular weight is 279 g/mol. The van der Waals surface area contributed by atoms with Crippen molar-refractivity contribution in [3.8, 4) is 0 Å². The van der Waals surface area contributed by atoms with E-state index in [9.17, 15) is 14.0 Å². The van der Waals surface area contributed by atoms with E-state index in [1.165, 1.54) is 17.0 Å². The van der Waals surface area contributed by atoms with Gasteiger partial charge in [-0.15, -0.1) is 0 Å². The molecule has 1 atom stereocenters. The number of carbonyl (C=O) groups excluding carboxylic acids is 2. The Morgan fingerprint density at radius 2 is 2.25 bits per heavy atom. The monoisotopic (exact) mass is 279 g/mol. The number of carbonyl (C=O) groups is 2. The summed E-state index contributed by atoms with van der Waals surface area (Å²) in [6.07, 6.45) is 0.865. The van der Waals surface area contributed by atoms with Crippen LogP contribution in [0, 0.1) is 5.82 Å². The Morgan fingerprint density at radius 3 is 2.85 bits per heavy atom. The molecule has 108 valence electrons. The first-order chi connectivity index (χ1) is 9.56. The van der Waals surface area contributed by atoms with Gasteiger partial charge in [0.15, 0.2) is 0 Å². The van der Waals surface area contributed by atoms with Crippen molar-refractivity contribution in [2.24, 2.45) is 5.73 Å². The molecular weight excluding hydrogens is 261 g/mol. The molecule has 1 aliphatic heterocycles. The van der Waals surface area contributed by atoms with Gasteiger partial charge in [0, 0.05) is 12.6 Å². The molecular formula is C14H18FN3O2. The Morgan fingerprint density at radius 1 is 1.45 bits per heavy atom. The van der Waals surface area contributed by atoms with Gasteiger partial charge in [-0.1, -0.05) is 12.1 Å². The van der Waals surface area contributed by atoms with Crippen LogP contribution in [0.15, 0.2) is 24.3 Å². The molecule has 1 aliphatic rings. The largest absolute Gasteiger partial charge is 0.368 e. The maximum absolute atomic E-state index is 13.1. The highest BCUT2D eigenvalue weighted by molar-refractivity contribution is 5.85. The first kappa shape index (κ1) is 14.5. The number of nitrogens with two attached hydrogens (primary N) is 1. The average Bonchev–Trinajstić information content (AvgIpc) is 2.89. The van der Waals surface area contributed by atoms with Gasteiger partial charge in [-0.05, 0) is 30.7 Å². The number of primary amides is 1. The van der Waals surface area contributed by atoms with E-state index in [0.717, 1.165) is 13.0 Å². The molecule has 0 bridgehead atoms. The molecule has 20 heavy (non-hydrogen) atoms. The van der Waals surface area contributed by atoms with Crippen molar-refractivity contribution in [3.63, 3.8) is 0 Å². The first-order valence-electron chi connectivity index (χ1n) is 6.59. The van der Waals surface area contributed by atoms with Crippen molar-refractivity contribution < 1.29 is 14.0 Å². The van der Waals surface area contributed by atoms with E-state index in [1.54, 1.807) is 12.1 Å². The smallest absolute Gasteiger partial charge is 0.237 e. The Bertz CT molecular complexity index is 501. The van der Waals surface area contributed by atoms with Gasteiger partial charge in [0.2, 0.25) is 11.8 Å². The van der Waals surface area contributed by atoms with E-state index in [0.29, 0.717) is 12.1 Å². The van der Waals surface area contributed by atoms with E-state index in [1.807, 2.05) is 0 Å². The highest BCUT2D eigenvalue weighted by Gasteiger charge is 2.27. The minimum absolute atomic E-state index is 0.0245. The summed E-state index contributed by atoms with van der Waals surface area (Å²) in [4.78, 5) is 24.9. The van der Waals surface area contributed by atoms with Crippen molar-refractivity contribution in [1.82, 2.24) is 10.2 Å². The van der Waals surface area contributed by atoms with Crippen molar-refractivity contribution >= 4 is 11.8 Å². The van der Waals surface area contributed by atoms with Crippen molar-refractivity contribution in [3.05, 3.63) is 35.6 Å². The van der Waals surface area contributed by atoms with Gasteiger partial charge in [0.1, 0.15) is 5.82 Å². The lowest BCUT2D eigenvalue weighted by Gasteiger charge is -2.27. The van der Waals surface area contributed by atoms with Gasteiger partial charge in [0.25, 0.3) is 0 Å². The highest BCUT2D eigenvalue weighted by atomic mass is 19.1. The maximum Gasteiger partial charge on any atom is 0.237 e.